The summed E-state index contributed by atoms with van der Waals surface area (Å²) >= 11 is 11.5. The number of hydrogen-bond acceptors (Lipinski definition) is 1. The molecule has 1 N–H and O–H groups in total. The predicted molar refractivity (Wildman–Crippen MR) is 58.5 cm³/mol. The van der Waals surface area contributed by atoms with Crippen LogP contribution in [0, 0.1) is 0 Å². The summed E-state index contributed by atoms with van der Waals surface area (Å²) in [5, 5.41) is 3.62. The van der Waals surface area contributed by atoms with E-state index in [4.69, 9.17) is 23.2 Å². The summed E-state index contributed by atoms with van der Waals surface area (Å²) in [4.78, 5) is 10.8. The van der Waals surface area contributed by atoms with Gasteiger partial charge < -0.3 is 5.32 Å². The largest absolute Gasteiger partial charge is 0.348 e. The topological polar surface area (TPSA) is 29.1 Å². The van der Waals surface area contributed by atoms with Crippen LogP contribution in [0.2, 0.25) is 10.0 Å². The van der Waals surface area contributed by atoms with E-state index in [0.29, 0.717) is 16.6 Å². The predicted octanol–water partition coefficient (Wildman–Crippen LogP) is 2.80. The Hall–Kier alpha value is -0.990. The molecule has 0 saturated heterocycles. The maximum atomic E-state index is 10.8. The second-order valence-electron chi connectivity index (χ2n) is 2.67. The summed E-state index contributed by atoms with van der Waals surface area (Å²) in [6.07, 6.45) is 1.22. The van der Waals surface area contributed by atoms with Gasteiger partial charge in [0.2, 0.25) is 5.91 Å². The van der Waals surface area contributed by atoms with Crippen LogP contribution in [-0.4, -0.2) is 5.91 Å². The zero-order valence-corrected chi connectivity index (χ0v) is 8.90. The van der Waals surface area contributed by atoms with Gasteiger partial charge in [-0.05, 0) is 23.8 Å². The average Bonchev–Trinajstić information content (AvgIpc) is 2.19. The summed E-state index contributed by atoms with van der Waals surface area (Å²) in [6.45, 7) is 3.76. The highest BCUT2D eigenvalue weighted by molar-refractivity contribution is 6.42. The van der Waals surface area contributed by atoms with Crippen LogP contribution in [0.5, 0.6) is 0 Å². The highest BCUT2D eigenvalue weighted by atomic mass is 35.5. The summed E-state index contributed by atoms with van der Waals surface area (Å²) in [5.41, 5.74) is 0.898. The van der Waals surface area contributed by atoms with E-state index in [1.54, 1.807) is 18.2 Å². The molecule has 4 heteroatoms. The standard InChI is InChI=1S/C10H9Cl2NO/c1-2-10(14)13-6-7-3-4-8(11)9(12)5-7/h2-5H,1,6H2,(H,13,14). The lowest BCUT2D eigenvalue weighted by Gasteiger charge is -2.03. The number of carbonyl (C=O) groups excluding carboxylic acids is 1. The zero-order chi connectivity index (χ0) is 10.6. The SMILES string of the molecule is C=CC(=O)NCc1ccc(Cl)c(Cl)c1. The first-order valence-electron chi connectivity index (χ1n) is 3.97. The molecule has 74 valence electrons. The monoisotopic (exact) mass is 229 g/mol. The van der Waals surface area contributed by atoms with Crippen molar-refractivity contribution in [1.29, 1.82) is 0 Å². The van der Waals surface area contributed by atoms with E-state index in [-0.39, 0.29) is 5.91 Å². The third-order valence-electron chi connectivity index (χ3n) is 1.64. The van der Waals surface area contributed by atoms with E-state index >= 15 is 0 Å². The lowest BCUT2D eigenvalue weighted by Crippen LogP contribution is -2.19. The fraction of sp³-hybridized carbons (Fsp3) is 0.100. The number of hydrogen-bond donors (Lipinski definition) is 1. The van der Waals surface area contributed by atoms with Crippen molar-refractivity contribution in [3.63, 3.8) is 0 Å². The number of rotatable bonds is 3. The van der Waals surface area contributed by atoms with Gasteiger partial charge in [-0.15, -0.1) is 0 Å². The molecule has 14 heavy (non-hydrogen) atoms. The molecule has 1 amide bonds. The van der Waals surface area contributed by atoms with E-state index in [9.17, 15) is 4.79 Å². The molecule has 1 rings (SSSR count). The van der Waals surface area contributed by atoms with Crippen molar-refractivity contribution in [2.24, 2.45) is 0 Å². The summed E-state index contributed by atoms with van der Waals surface area (Å²) in [6, 6.07) is 5.21. The van der Waals surface area contributed by atoms with Gasteiger partial charge in [0, 0.05) is 6.54 Å². The highest BCUT2D eigenvalue weighted by Crippen LogP contribution is 2.22. The Labute approximate surface area is 92.5 Å². The molecule has 1 aromatic rings. The molecule has 0 fully saturated rings. The van der Waals surface area contributed by atoms with Crippen LogP contribution in [0.3, 0.4) is 0 Å². The van der Waals surface area contributed by atoms with Gasteiger partial charge in [0.1, 0.15) is 0 Å². The second-order valence-corrected chi connectivity index (χ2v) is 3.48. The van der Waals surface area contributed by atoms with Gasteiger partial charge in [-0.3, -0.25) is 4.79 Å². The summed E-state index contributed by atoms with van der Waals surface area (Å²) in [7, 11) is 0. The van der Waals surface area contributed by atoms with Crippen LogP contribution >= 0.6 is 23.2 Å². The van der Waals surface area contributed by atoms with E-state index in [2.05, 4.69) is 11.9 Å². The molecule has 0 heterocycles. The normalized spacial score (nSPS) is 9.57. The van der Waals surface area contributed by atoms with Crippen LogP contribution in [0.4, 0.5) is 0 Å². The van der Waals surface area contributed by atoms with Crippen molar-refractivity contribution in [1.82, 2.24) is 5.32 Å². The van der Waals surface area contributed by atoms with Crippen LogP contribution in [0.15, 0.2) is 30.9 Å². The molecule has 0 aliphatic rings. The quantitative estimate of drug-likeness (QED) is 0.794. The maximum absolute atomic E-state index is 10.8. The molecule has 1 aromatic carbocycles. The summed E-state index contributed by atoms with van der Waals surface area (Å²) < 4.78 is 0. The molecule has 0 aromatic heterocycles. The number of benzene rings is 1. The van der Waals surface area contributed by atoms with Gasteiger partial charge in [0.15, 0.2) is 0 Å². The van der Waals surface area contributed by atoms with Crippen molar-refractivity contribution in [3.8, 4) is 0 Å². The smallest absolute Gasteiger partial charge is 0.243 e. The van der Waals surface area contributed by atoms with E-state index in [1.807, 2.05) is 0 Å². The van der Waals surface area contributed by atoms with Crippen molar-refractivity contribution < 1.29 is 4.79 Å². The average molecular weight is 230 g/mol. The molecule has 2 nitrogen and oxygen atoms in total. The Balaban J connectivity index is 2.64. The van der Waals surface area contributed by atoms with Crippen molar-refractivity contribution in [2.75, 3.05) is 0 Å². The van der Waals surface area contributed by atoms with Gasteiger partial charge in [-0.1, -0.05) is 35.8 Å². The molecule has 0 atom stereocenters. The molecule has 0 unspecified atom stereocenters. The molecule has 0 spiro atoms. The first-order chi connectivity index (χ1) is 6.63. The van der Waals surface area contributed by atoms with Crippen molar-refractivity contribution in [3.05, 3.63) is 46.5 Å². The second kappa shape index (κ2) is 5.03. The van der Waals surface area contributed by atoms with E-state index < -0.39 is 0 Å². The Morgan fingerprint density at radius 3 is 2.71 bits per heavy atom. The minimum absolute atomic E-state index is 0.212. The van der Waals surface area contributed by atoms with Crippen LogP contribution in [0.1, 0.15) is 5.56 Å². The fourth-order valence-electron chi connectivity index (χ4n) is 0.911. The number of carbonyl (C=O) groups is 1. The summed E-state index contributed by atoms with van der Waals surface area (Å²) in [5.74, 6) is -0.212. The number of halogens is 2. The first kappa shape index (κ1) is 11.1. The molecular formula is C10H9Cl2NO. The Bertz CT molecular complexity index is 363. The molecule has 0 radical (unpaired) electrons. The third-order valence-corrected chi connectivity index (χ3v) is 2.38. The van der Waals surface area contributed by atoms with Gasteiger partial charge in [0.25, 0.3) is 0 Å². The number of nitrogens with one attached hydrogen (secondary N) is 1. The van der Waals surface area contributed by atoms with Gasteiger partial charge in [0.05, 0.1) is 10.0 Å². The van der Waals surface area contributed by atoms with E-state index in [0.717, 1.165) is 5.56 Å². The Kier molecular flexibility index (Phi) is 3.98. The minimum Gasteiger partial charge on any atom is -0.348 e. The van der Waals surface area contributed by atoms with Gasteiger partial charge in [-0.25, -0.2) is 0 Å². The lowest BCUT2D eigenvalue weighted by molar-refractivity contribution is -0.116. The van der Waals surface area contributed by atoms with Gasteiger partial charge in [-0.2, -0.15) is 0 Å². The maximum Gasteiger partial charge on any atom is 0.243 e. The van der Waals surface area contributed by atoms with Crippen molar-refractivity contribution >= 4 is 29.1 Å². The number of amides is 1. The highest BCUT2D eigenvalue weighted by Gasteiger charge is 2.00. The zero-order valence-electron chi connectivity index (χ0n) is 7.39. The molecule has 0 aliphatic carbocycles. The molecule has 0 saturated carbocycles. The fourth-order valence-corrected chi connectivity index (χ4v) is 1.23. The molecular weight excluding hydrogens is 221 g/mol. The first-order valence-corrected chi connectivity index (χ1v) is 4.73. The van der Waals surface area contributed by atoms with Crippen LogP contribution in [-0.2, 0) is 11.3 Å². The molecule has 0 bridgehead atoms. The van der Waals surface area contributed by atoms with Crippen LogP contribution < -0.4 is 5.32 Å². The van der Waals surface area contributed by atoms with Gasteiger partial charge >= 0.3 is 0 Å². The van der Waals surface area contributed by atoms with Crippen molar-refractivity contribution in [2.45, 2.75) is 6.54 Å². The van der Waals surface area contributed by atoms with E-state index in [1.165, 1.54) is 6.08 Å². The Morgan fingerprint density at radius 2 is 2.14 bits per heavy atom. The Morgan fingerprint density at radius 1 is 1.43 bits per heavy atom. The lowest BCUT2D eigenvalue weighted by atomic mass is 10.2. The molecule has 0 aliphatic heterocycles. The third kappa shape index (κ3) is 3.05. The minimum atomic E-state index is -0.212. The van der Waals surface area contributed by atoms with Crippen LogP contribution in [0.25, 0.3) is 0 Å².